The number of cyclic esters (lactones) is 1. The van der Waals surface area contributed by atoms with Crippen molar-refractivity contribution in [2.75, 3.05) is 6.61 Å². The highest BCUT2D eigenvalue weighted by molar-refractivity contribution is 5.98. The Morgan fingerprint density at radius 3 is 3.27 bits per heavy atom. The molecule has 3 aliphatic rings. The number of carbonyl (C=O) groups is 1. The van der Waals surface area contributed by atoms with E-state index in [1.54, 1.807) is 0 Å². The summed E-state index contributed by atoms with van der Waals surface area (Å²) in [6, 6.07) is 0. The largest absolute Gasteiger partial charge is 0.458 e. The van der Waals surface area contributed by atoms with Gasteiger partial charge in [0.25, 0.3) is 0 Å². The molecule has 1 aliphatic heterocycles. The van der Waals surface area contributed by atoms with Crippen LogP contribution in [0.5, 0.6) is 0 Å². The first kappa shape index (κ1) is 5.58. The summed E-state index contributed by atoms with van der Waals surface area (Å²) in [7, 11) is 0. The maximum Gasteiger partial charge on any atom is 0.338 e. The highest BCUT2D eigenvalue weighted by Crippen LogP contribution is 2.47. The number of esters is 1. The van der Waals surface area contributed by atoms with Crippen LogP contribution in [-0.2, 0) is 9.53 Å². The van der Waals surface area contributed by atoms with Gasteiger partial charge < -0.3 is 4.74 Å². The van der Waals surface area contributed by atoms with Crippen LogP contribution in [0.2, 0.25) is 0 Å². The Balaban J connectivity index is 2.19. The van der Waals surface area contributed by atoms with Crippen molar-refractivity contribution < 1.29 is 9.53 Å². The van der Waals surface area contributed by atoms with E-state index in [0.29, 0.717) is 12.5 Å². The van der Waals surface area contributed by atoms with Gasteiger partial charge in [-0.25, -0.2) is 4.79 Å². The molecular formula is C9H8O2. The quantitative estimate of drug-likeness (QED) is 0.482. The summed E-state index contributed by atoms with van der Waals surface area (Å²) < 4.78 is 4.95. The maximum absolute atomic E-state index is 11.1. The van der Waals surface area contributed by atoms with Gasteiger partial charge in [0.05, 0.1) is 5.57 Å². The molecule has 0 saturated heterocycles. The molecule has 3 rings (SSSR count). The molecule has 0 saturated carbocycles. The van der Waals surface area contributed by atoms with Crippen LogP contribution < -0.4 is 0 Å². The summed E-state index contributed by atoms with van der Waals surface area (Å²) >= 11 is 0. The second-order valence-corrected chi connectivity index (χ2v) is 3.34. The number of fused-ring (bicyclic) bond motifs is 4. The van der Waals surface area contributed by atoms with Crippen LogP contribution in [0.15, 0.2) is 22.8 Å². The van der Waals surface area contributed by atoms with Gasteiger partial charge in [-0.2, -0.15) is 0 Å². The van der Waals surface area contributed by atoms with Crippen molar-refractivity contribution in [3.63, 3.8) is 0 Å². The molecule has 0 radical (unpaired) electrons. The predicted molar refractivity (Wildman–Crippen MR) is 38.8 cm³/mol. The first-order chi connectivity index (χ1) is 5.36. The third-order valence-corrected chi connectivity index (χ3v) is 2.81. The van der Waals surface area contributed by atoms with Crippen LogP contribution in [0.4, 0.5) is 0 Å². The number of ether oxygens (including phenoxy) is 1. The zero-order valence-corrected chi connectivity index (χ0v) is 6.09. The third-order valence-electron chi connectivity index (χ3n) is 2.81. The summed E-state index contributed by atoms with van der Waals surface area (Å²) in [5.74, 6) is 0.528. The Bertz CT molecular complexity index is 310. The minimum Gasteiger partial charge on any atom is -0.458 e. The summed E-state index contributed by atoms with van der Waals surface area (Å²) in [6.07, 6.45) is 4.40. The lowest BCUT2D eigenvalue weighted by Crippen LogP contribution is -2.01. The number of allylic oxidation sites excluding steroid dienone is 1. The molecule has 0 aromatic carbocycles. The molecule has 0 N–H and O–H groups in total. The summed E-state index contributed by atoms with van der Waals surface area (Å²) in [5, 5.41) is 0. The normalized spacial score (nSPS) is 32.5. The Kier molecular flexibility index (Phi) is 0.799. The van der Waals surface area contributed by atoms with Gasteiger partial charge in [0, 0.05) is 0 Å². The Labute approximate surface area is 64.5 Å². The number of hydrogen-bond donors (Lipinski definition) is 0. The van der Waals surface area contributed by atoms with Crippen molar-refractivity contribution in [3.8, 4) is 0 Å². The van der Waals surface area contributed by atoms with Gasteiger partial charge in [0.15, 0.2) is 0 Å². The van der Waals surface area contributed by atoms with Crippen molar-refractivity contribution in [2.45, 2.75) is 12.8 Å². The minimum absolute atomic E-state index is 0.0894. The second kappa shape index (κ2) is 1.58. The minimum atomic E-state index is -0.0894. The van der Waals surface area contributed by atoms with E-state index < -0.39 is 0 Å². The lowest BCUT2D eigenvalue weighted by molar-refractivity contribution is -0.135. The molecule has 11 heavy (non-hydrogen) atoms. The standard InChI is InChI=1S/C9H8O2/c10-9-8-6-2-1-5(3-6)7(8)4-11-9/h2,5H,1,3-4H2. The summed E-state index contributed by atoms with van der Waals surface area (Å²) in [4.78, 5) is 11.1. The molecule has 2 aliphatic carbocycles. The molecule has 2 heteroatoms. The van der Waals surface area contributed by atoms with Crippen molar-refractivity contribution in [2.24, 2.45) is 5.92 Å². The topological polar surface area (TPSA) is 26.3 Å². The van der Waals surface area contributed by atoms with Crippen molar-refractivity contribution >= 4 is 5.97 Å². The van der Waals surface area contributed by atoms with E-state index >= 15 is 0 Å². The van der Waals surface area contributed by atoms with Gasteiger partial charge in [-0.15, -0.1) is 0 Å². The predicted octanol–water partition coefficient (Wildman–Crippen LogP) is 1.19. The summed E-state index contributed by atoms with van der Waals surface area (Å²) in [5.41, 5.74) is 3.43. The lowest BCUT2D eigenvalue weighted by atomic mass is 9.99. The van der Waals surface area contributed by atoms with Crippen LogP contribution in [0.25, 0.3) is 0 Å². The molecule has 56 valence electrons. The van der Waals surface area contributed by atoms with E-state index in [-0.39, 0.29) is 5.97 Å². The molecule has 0 amide bonds. The lowest BCUT2D eigenvalue weighted by Gasteiger charge is -2.05. The number of carbonyl (C=O) groups excluding carboxylic acids is 1. The number of rotatable bonds is 0. The highest BCUT2D eigenvalue weighted by atomic mass is 16.5. The third kappa shape index (κ3) is 0.516. The Hall–Kier alpha value is -1.05. The smallest absolute Gasteiger partial charge is 0.338 e. The summed E-state index contributed by atoms with van der Waals surface area (Å²) in [6.45, 7) is 0.566. The molecule has 2 bridgehead atoms. The number of hydrogen-bond acceptors (Lipinski definition) is 2. The van der Waals surface area contributed by atoms with Gasteiger partial charge >= 0.3 is 5.97 Å². The average molecular weight is 148 g/mol. The Morgan fingerprint density at radius 2 is 2.45 bits per heavy atom. The van der Waals surface area contributed by atoms with Gasteiger partial charge in [0.1, 0.15) is 6.61 Å². The van der Waals surface area contributed by atoms with E-state index in [4.69, 9.17) is 4.74 Å². The fourth-order valence-corrected chi connectivity index (χ4v) is 2.26. The SMILES string of the molecule is O=C1OCC2=C1C1=CCC2C1. The first-order valence-electron chi connectivity index (χ1n) is 3.96. The van der Waals surface area contributed by atoms with Gasteiger partial charge in [-0.3, -0.25) is 0 Å². The molecular weight excluding hydrogens is 140 g/mol. The fraction of sp³-hybridized carbons (Fsp3) is 0.444. The van der Waals surface area contributed by atoms with E-state index in [0.717, 1.165) is 18.4 Å². The molecule has 2 nitrogen and oxygen atoms in total. The molecule has 0 spiro atoms. The first-order valence-corrected chi connectivity index (χ1v) is 3.96. The monoisotopic (exact) mass is 148 g/mol. The zero-order chi connectivity index (χ0) is 7.42. The van der Waals surface area contributed by atoms with Crippen LogP contribution in [0.3, 0.4) is 0 Å². The van der Waals surface area contributed by atoms with E-state index in [2.05, 4.69) is 6.08 Å². The van der Waals surface area contributed by atoms with Crippen LogP contribution in [0.1, 0.15) is 12.8 Å². The van der Waals surface area contributed by atoms with Crippen LogP contribution >= 0.6 is 0 Å². The van der Waals surface area contributed by atoms with Crippen molar-refractivity contribution in [1.82, 2.24) is 0 Å². The van der Waals surface area contributed by atoms with Crippen molar-refractivity contribution in [1.29, 1.82) is 0 Å². The van der Waals surface area contributed by atoms with E-state index in [9.17, 15) is 4.79 Å². The van der Waals surface area contributed by atoms with E-state index in [1.165, 1.54) is 11.1 Å². The zero-order valence-electron chi connectivity index (χ0n) is 6.09. The fourth-order valence-electron chi connectivity index (χ4n) is 2.26. The average Bonchev–Trinajstić information content (AvgIpc) is 2.60. The van der Waals surface area contributed by atoms with Gasteiger partial charge in [-0.1, -0.05) is 6.08 Å². The van der Waals surface area contributed by atoms with Crippen molar-refractivity contribution in [3.05, 3.63) is 22.8 Å². The second-order valence-electron chi connectivity index (χ2n) is 3.34. The van der Waals surface area contributed by atoms with Crippen LogP contribution in [-0.4, -0.2) is 12.6 Å². The Morgan fingerprint density at radius 1 is 1.55 bits per heavy atom. The molecule has 1 unspecified atom stereocenters. The van der Waals surface area contributed by atoms with Crippen LogP contribution in [0, 0.1) is 5.92 Å². The molecule has 0 aromatic heterocycles. The molecule has 0 aromatic rings. The molecule has 0 fully saturated rings. The highest BCUT2D eigenvalue weighted by Gasteiger charge is 2.41. The molecule has 1 heterocycles. The maximum atomic E-state index is 11.1. The van der Waals surface area contributed by atoms with E-state index in [1.807, 2.05) is 0 Å². The van der Waals surface area contributed by atoms with Gasteiger partial charge in [-0.05, 0) is 29.9 Å². The van der Waals surface area contributed by atoms with Gasteiger partial charge in [0.2, 0.25) is 0 Å². The molecule has 1 atom stereocenters.